The number of rotatable bonds is 4. The van der Waals surface area contributed by atoms with Crippen LogP contribution in [0, 0.1) is 38.7 Å². The Morgan fingerprint density at radius 3 is 2.25 bits per heavy atom. The predicted octanol–water partition coefficient (Wildman–Crippen LogP) is 1.71. The van der Waals surface area contributed by atoms with E-state index < -0.39 is 23.3 Å². The lowest BCUT2D eigenvalue weighted by Crippen LogP contribution is -2.19. The molecule has 0 radical (unpaired) electrons. The van der Waals surface area contributed by atoms with Crippen molar-refractivity contribution in [3.8, 4) is 12.1 Å². The highest BCUT2D eigenvalue weighted by Crippen LogP contribution is 2.24. The monoisotopic (exact) mass is 215 g/mol. The van der Waals surface area contributed by atoms with Crippen LogP contribution >= 0.6 is 0 Å². The third kappa shape index (κ3) is 2.79. The van der Waals surface area contributed by atoms with Gasteiger partial charge in [-0.3, -0.25) is 10.1 Å². The molecule has 0 fully saturated rings. The average molecular weight is 215 g/mol. The van der Waals surface area contributed by atoms with Crippen LogP contribution in [0.1, 0.15) is 11.5 Å². The number of nitriles is 2. The van der Waals surface area contributed by atoms with Gasteiger partial charge in [-0.2, -0.15) is 10.5 Å². The van der Waals surface area contributed by atoms with E-state index in [9.17, 15) is 10.1 Å². The lowest BCUT2D eigenvalue weighted by molar-refractivity contribution is -0.484. The molecule has 0 aromatic heterocycles. The molecule has 1 rings (SSSR count). The fourth-order valence-electron chi connectivity index (χ4n) is 1.47. The summed E-state index contributed by atoms with van der Waals surface area (Å²) in [4.78, 5) is 10.0. The van der Waals surface area contributed by atoms with Crippen molar-refractivity contribution in [2.24, 2.45) is 5.92 Å². The minimum Gasteiger partial charge on any atom is -0.265 e. The van der Waals surface area contributed by atoms with Crippen LogP contribution in [-0.4, -0.2) is 11.5 Å². The molecule has 0 saturated heterocycles. The molecule has 0 heterocycles. The largest absolute Gasteiger partial charge is 0.265 e. The smallest absolute Gasteiger partial charge is 0.212 e. The zero-order valence-electron chi connectivity index (χ0n) is 8.41. The Hall–Kier alpha value is -2.40. The van der Waals surface area contributed by atoms with Crippen LogP contribution < -0.4 is 0 Å². The molecule has 0 N–H and O–H groups in total. The van der Waals surface area contributed by atoms with Crippen molar-refractivity contribution in [2.45, 2.75) is 5.92 Å². The van der Waals surface area contributed by atoms with Gasteiger partial charge in [0.05, 0.1) is 18.1 Å². The number of benzene rings is 1. The Kier molecular flexibility index (Phi) is 3.99. The van der Waals surface area contributed by atoms with Crippen LogP contribution in [0.5, 0.6) is 0 Å². The van der Waals surface area contributed by atoms with Gasteiger partial charge in [-0.25, -0.2) is 0 Å². The van der Waals surface area contributed by atoms with E-state index in [4.69, 9.17) is 10.5 Å². The number of hydrogen-bond acceptors (Lipinski definition) is 4. The summed E-state index contributed by atoms with van der Waals surface area (Å²) in [6.07, 6.45) is 0. The molecule has 0 aliphatic carbocycles. The fraction of sp³-hybridized carbons (Fsp3) is 0.273. The third-order valence-electron chi connectivity index (χ3n) is 2.25. The lowest BCUT2D eigenvalue weighted by Gasteiger charge is -2.12. The molecule has 1 aromatic rings. The minimum absolute atomic E-state index is 0.407. The van der Waals surface area contributed by atoms with Crippen molar-refractivity contribution < 1.29 is 4.92 Å². The first kappa shape index (κ1) is 11.7. The highest BCUT2D eigenvalue weighted by atomic mass is 16.6. The number of nitro groups is 1. The second kappa shape index (κ2) is 5.47. The van der Waals surface area contributed by atoms with Crippen molar-refractivity contribution in [3.63, 3.8) is 0 Å². The van der Waals surface area contributed by atoms with E-state index in [0.717, 1.165) is 0 Å². The molecule has 0 saturated carbocycles. The van der Waals surface area contributed by atoms with Crippen LogP contribution in [0.2, 0.25) is 0 Å². The van der Waals surface area contributed by atoms with Crippen molar-refractivity contribution in [1.29, 1.82) is 10.5 Å². The van der Waals surface area contributed by atoms with E-state index in [1.54, 1.807) is 42.5 Å². The maximum Gasteiger partial charge on any atom is 0.212 e. The second-order valence-corrected chi connectivity index (χ2v) is 3.27. The van der Waals surface area contributed by atoms with Gasteiger partial charge in [-0.15, -0.1) is 0 Å². The summed E-state index contributed by atoms with van der Waals surface area (Å²) in [6.45, 7) is -0.407. The first-order valence-corrected chi connectivity index (χ1v) is 4.65. The summed E-state index contributed by atoms with van der Waals surface area (Å²) < 4.78 is 0. The SMILES string of the molecule is N#CC(C#N)[C@H](C[N+](=O)[O-])c1ccccc1. The van der Waals surface area contributed by atoms with E-state index in [0.29, 0.717) is 5.56 Å². The van der Waals surface area contributed by atoms with Crippen molar-refractivity contribution in [2.75, 3.05) is 6.54 Å². The van der Waals surface area contributed by atoms with Crippen LogP contribution in [-0.2, 0) is 0 Å². The highest BCUT2D eigenvalue weighted by Gasteiger charge is 2.27. The van der Waals surface area contributed by atoms with Crippen LogP contribution in [0.4, 0.5) is 0 Å². The average Bonchev–Trinajstić information content (AvgIpc) is 2.30. The fourth-order valence-corrected chi connectivity index (χ4v) is 1.47. The summed E-state index contributed by atoms with van der Waals surface area (Å²) >= 11 is 0. The number of hydrogen-bond donors (Lipinski definition) is 0. The first-order valence-electron chi connectivity index (χ1n) is 4.65. The first-order chi connectivity index (χ1) is 7.69. The molecule has 0 unspecified atom stereocenters. The van der Waals surface area contributed by atoms with Crippen molar-refractivity contribution in [1.82, 2.24) is 0 Å². The Morgan fingerprint density at radius 1 is 1.25 bits per heavy atom. The van der Waals surface area contributed by atoms with Gasteiger partial charge in [0.25, 0.3) is 0 Å². The lowest BCUT2D eigenvalue weighted by atomic mass is 9.88. The molecule has 80 valence electrons. The summed E-state index contributed by atoms with van der Waals surface area (Å²) in [5.41, 5.74) is 0.646. The van der Waals surface area contributed by atoms with Crippen LogP contribution in [0.25, 0.3) is 0 Å². The van der Waals surface area contributed by atoms with Crippen molar-refractivity contribution >= 4 is 0 Å². The van der Waals surface area contributed by atoms with Gasteiger partial charge in [0, 0.05) is 4.92 Å². The third-order valence-corrected chi connectivity index (χ3v) is 2.25. The molecule has 1 aromatic carbocycles. The van der Waals surface area contributed by atoms with E-state index in [1.807, 2.05) is 0 Å². The topological polar surface area (TPSA) is 90.7 Å². The quantitative estimate of drug-likeness (QED) is 0.564. The molecule has 0 aliphatic rings. The van der Waals surface area contributed by atoms with Gasteiger partial charge in [-0.05, 0) is 5.56 Å². The van der Waals surface area contributed by atoms with Gasteiger partial charge in [-0.1, -0.05) is 30.3 Å². The summed E-state index contributed by atoms with van der Waals surface area (Å²) in [5.74, 6) is -1.67. The van der Waals surface area contributed by atoms with E-state index in [2.05, 4.69) is 0 Å². The Balaban J connectivity index is 3.02. The Labute approximate surface area is 92.7 Å². The summed E-state index contributed by atoms with van der Waals surface area (Å²) in [6, 6.07) is 12.2. The minimum atomic E-state index is -0.993. The Morgan fingerprint density at radius 2 is 1.81 bits per heavy atom. The van der Waals surface area contributed by atoms with Gasteiger partial charge < -0.3 is 0 Å². The van der Waals surface area contributed by atoms with E-state index in [1.165, 1.54) is 0 Å². The van der Waals surface area contributed by atoms with Crippen LogP contribution in [0.15, 0.2) is 30.3 Å². The molecule has 5 heteroatoms. The Bertz CT molecular complexity index is 431. The molecule has 0 bridgehead atoms. The standard InChI is InChI=1S/C11H9N3O2/c12-6-10(7-13)11(8-14(15)16)9-4-2-1-3-5-9/h1-5,10-11H,8H2/t11-/m1/s1. The molecule has 0 amide bonds. The second-order valence-electron chi connectivity index (χ2n) is 3.27. The summed E-state index contributed by atoms with van der Waals surface area (Å²) in [5, 5.41) is 28.1. The zero-order valence-corrected chi connectivity index (χ0v) is 8.41. The molecule has 1 atom stereocenters. The summed E-state index contributed by atoms with van der Waals surface area (Å²) in [7, 11) is 0. The molecule has 0 spiro atoms. The normalized spacial score (nSPS) is 11.4. The molecule has 0 aliphatic heterocycles. The maximum atomic E-state index is 10.5. The van der Waals surface area contributed by atoms with Gasteiger partial charge in [0.15, 0.2) is 0 Å². The molecule has 16 heavy (non-hydrogen) atoms. The molecular formula is C11H9N3O2. The van der Waals surface area contributed by atoms with Gasteiger partial charge >= 0.3 is 0 Å². The highest BCUT2D eigenvalue weighted by molar-refractivity contribution is 5.25. The number of nitrogens with zero attached hydrogens (tertiary/aromatic N) is 3. The van der Waals surface area contributed by atoms with E-state index >= 15 is 0 Å². The van der Waals surface area contributed by atoms with E-state index in [-0.39, 0.29) is 0 Å². The zero-order chi connectivity index (χ0) is 12.0. The predicted molar refractivity (Wildman–Crippen MR) is 55.8 cm³/mol. The molecule has 5 nitrogen and oxygen atoms in total. The van der Waals surface area contributed by atoms with Crippen molar-refractivity contribution in [3.05, 3.63) is 46.0 Å². The van der Waals surface area contributed by atoms with Gasteiger partial charge in [0.1, 0.15) is 5.92 Å². The molecular weight excluding hydrogens is 206 g/mol. The maximum absolute atomic E-state index is 10.5. The van der Waals surface area contributed by atoms with Gasteiger partial charge in [0.2, 0.25) is 6.54 Å². The van der Waals surface area contributed by atoms with Crippen LogP contribution in [0.3, 0.4) is 0 Å².